The van der Waals surface area contributed by atoms with Gasteiger partial charge in [-0.05, 0) is 37.1 Å². The van der Waals surface area contributed by atoms with Crippen LogP contribution in [0.1, 0.15) is 38.2 Å². The van der Waals surface area contributed by atoms with Gasteiger partial charge in [-0.2, -0.15) is 0 Å². The van der Waals surface area contributed by atoms with E-state index in [0.717, 1.165) is 37.6 Å². The summed E-state index contributed by atoms with van der Waals surface area (Å²) in [6, 6.07) is 6.81. The second kappa shape index (κ2) is 6.10. The fourth-order valence-corrected chi connectivity index (χ4v) is 2.50. The molecule has 0 saturated heterocycles. The molecule has 0 saturated carbocycles. The van der Waals surface area contributed by atoms with E-state index in [1.807, 2.05) is 13.1 Å². The SMILES string of the molecule is CCC(NC)C(C)c1ccc2c(c1)OCCCO2. The fraction of sp³-hybridized carbons (Fsp3) is 0.600. The Morgan fingerprint density at radius 2 is 1.94 bits per heavy atom. The van der Waals surface area contributed by atoms with E-state index < -0.39 is 0 Å². The smallest absolute Gasteiger partial charge is 0.161 e. The van der Waals surface area contributed by atoms with E-state index in [1.165, 1.54) is 5.56 Å². The van der Waals surface area contributed by atoms with Gasteiger partial charge in [0.05, 0.1) is 13.2 Å². The van der Waals surface area contributed by atoms with E-state index >= 15 is 0 Å². The summed E-state index contributed by atoms with van der Waals surface area (Å²) < 4.78 is 11.4. The number of fused-ring (bicyclic) bond motifs is 1. The predicted octanol–water partition coefficient (Wildman–Crippen LogP) is 2.95. The van der Waals surface area contributed by atoms with Gasteiger partial charge in [-0.3, -0.25) is 0 Å². The zero-order valence-electron chi connectivity index (χ0n) is 11.5. The lowest BCUT2D eigenvalue weighted by atomic mass is 9.91. The molecule has 1 aromatic carbocycles. The van der Waals surface area contributed by atoms with Gasteiger partial charge in [0, 0.05) is 12.5 Å². The van der Waals surface area contributed by atoms with Crippen LogP contribution in [0.2, 0.25) is 0 Å². The van der Waals surface area contributed by atoms with Gasteiger partial charge in [-0.25, -0.2) is 0 Å². The van der Waals surface area contributed by atoms with Crippen molar-refractivity contribution in [2.24, 2.45) is 0 Å². The van der Waals surface area contributed by atoms with Gasteiger partial charge in [-0.1, -0.05) is 19.9 Å². The van der Waals surface area contributed by atoms with Crippen molar-refractivity contribution >= 4 is 0 Å². The number of benzene rings is 1. The molecule has 1 aliphatic rings. The molecular formula is C15H23NO2. The molecule has 1 heterocycles. The van der Waals surface area contributed by atoms with Gasteiger partial charge in [-0.15, -0.1) is 0 Å². The van der Waals surface area contributed by atoms with Crippen molar-refractivity contribution in [3.05, 3.63) is 23.8 Å². The third-order valence-corrected chi connectivity index (χ3v) is 3.71. The topological polar surface area (TPSA) is 30.5 Å². The minimum Gasteiger partial charge on any atom is -0.490 e. The van der Waals surface area contributed by atoms with Crippen LogP contribution < -0.4 is 14.8 Å². The molecule has 1 N–H and O–H groups in total. The molecular weight excluding hydrogens is 226 g/mol. The summed E-state index contributed by atoms with van der Waals surface area (Å²) in [6.45, 7) is 5.95. The molecule has 0 bridgehead atoms. The van der Waals surface area contributed by atoms with E-state index in [4.69, 9.17) is 9.47 Å². The molecule has 3 nitrogen and oxygen atoms in total. The average Bonchev–Trinajstić information content (AvgIpc) is 2.64. The van der Waals surface area contributed by atoms with Gasteiger partial charge < -0.3 is 14.8 Å². The van der Waals surface area contributed by atoms with Crippen LogP contribution in [0.3, 0.4) is 0 Å². The molecule has 18 heavy (non-hydrogen) atoms. The number of hydrogen-bond acceptors (Lipinski definition) is 3. The highest BCUT2D eigenvalue weighted by molar-refractivity contribution is 5.44. The zero-order chi connectivity index (χ0) is 13.0. The minimum absolute atomic E-state index is 0.470. The molecule has 1 aromatic rings. The van der Waals surface area contributed by atoms with Gasteiger partial charge >= 0.3 is 0 Å². The summed E-state index contributed by atoms with van der Waals surface area (Å²) in [6.07, 6.45) is 2.07. The molecule has 0 aliphatic carbocycles. The fourth-order valence-electron chi connectivity index (χ4n) is 2.50. The molecule has 3 heteroatoms. The maximum absolute atomic E-state index is 5.74. The summed E-state index contributed by atoms with van der Waals surface area (Å²) in [5.41, 5.74) is 1.31. The summed E-state index contributed by atoms with van der Waals surface area (Å²) in [7, 11) is 2.02. The number of rotatable bonds is 4. The Labute approximate surface area is 109 Å². The standard InChI is InChI=1S/C15H23NO2/c1-4-13(16-3)11(2)12-6-7-14-15(10-12)18-9-5-8-17-14/h6-7,10-11,13,16H,4-5,8-9H2,1-3H3. The first-order valence-electron chi connectivity index (χ1n) is 6.83. The monoisotopic (exact) mass is 249 g/mol. The third-order valence-electron chi connectivity index (χ3n) is 3.71. The molecule has 1 aliphatic heterocycles. The number of likely N-dealkylation sites (N-methyl/N-ethyl adjacent to an activating group) is 1. The first-order chi connectivity index (χ1) is 8.76. The third kappa shape index (κ3) is 2.78. The normalized spacial score (nSPS) is 17.9. The van der Waals surface area contributed by atoms with Crippen LogP contribution in [0.5, 0.6) is 11.5 Å². The maximum atomic E-state index is 5.74. The van der Waals surface area contributed by atoms with Crippen LogP contribution in [-0.4, -0.2) is 26.3 Å². The van der Waals surface area contributed by atoms with Crippen LogP contribution in [0.25, 0.3) is 0 Å². The van der Waals surface area contributed by atoms with Crippen LogP contribution in [0.15, 0.2) is 18.2 Å². The lowest BCUT2D eigenvalue weighted by Gasteiger charge is -2.23. The Hall–Kier alpha value is -1.22. The second-order valence-corrected chi connectivity index (χ2v) is 4.85. The first-order valence-corrected chi connectivity index (χ1v) is 6.83. The Morgan fingerprint density at radius 3 is 2.61 bits per heavy atom. The Bertz CT molecular complexity index is 388. The molecule has 0 spiro atoms. The Kier molecular flexibility index (Phi) is 4.48. The molecule has 2 atom stereocenters. The van der Waals surface area contributed by atoms with Gasteiger partial charge in [0.1, 0.15) is 0 Å². The van der Waals surface area contributed by atoms with Crippen molar-refractivity contribution in [2.75, 3.05) is 20.3 Å². The van der Waals surface area contributed by atoms with Gasteiger partial charge in [0.25, 0.3) is 0 Å². The summed E-state index contributed by atoms with van der Waals surface area (Å²) in [4.78, 5) is 0. The predicted molar refractivity (Wildman–Crippen MR) is 73.6 cm³/mol. The average molecular weight is 249 g/mol. The Balaban J connectivity index is 2.21. The van der Waals surface area contributed by atoms with Gasteiger partial charge in [0.2, 0.25) is 0 Å². The summed E-state index contributed by atoms with van der Waals surface area (Å²) in [5.74, 6) is 2.24. The molecule has 0 radical (unpaired) electrons. The maximum Gasteiger partial charge on any atom is 0.161 e. The van der Waals surface area contributed by atoms with Crippen LogP contribution >= 0.6 is 0 Å². The largest absolute Gasteiger partial charge is 0.490 e. The molecule has 0 fully saturated rings. The van der Waals surface area contributed by atoms with Gasteiger partial charge in [0.15, 0.2) is 11.5 Å². The quantitative estimate of drug-likeness (QED) is 0.890. The van der Waals surface area contributed by atoms with Crippen molar-refractivity contribution in [2.45, 2.75) is 38.6 Å². The van der Waals surface area contributed by atoms with E-state index in [9.17, 15) is 0 Å². The number of hydrogen-bond donors (Lipinski definition) is 1. The van der Waals surface area contributed by atoms with Crippen molar-refractivity contribution in [1.82, 2.24) is 5.32 Å². The molecule has 0 aromatic heterocycles. The summed E-state index contributed by atoms with van der Waals surface area (Å²) >= 11 is 0. The second-order valence-electron chi connectivity index (χ2n) is 4.85. The van der Waals surface area contributed by atoms with Crippen LogP contribution in [0, 0.1) is 0 Å². The number of ether oxygens (including phenoxy) is 2. The van der Waals surface area contributed by atoms with Crippen LogP contribution in [-0.2, 0) is 0 Å². The molecule has 0 amide bonds. The van der Waals surface area contributed by atoms with E-state index in [-0.39, 0.29) is 0 Å². The van der Waals surface area contributed by atoms with E-state index in [0.29, 0.717) is 12.0 Å². The first kappa shape index (κ1) is 13.2. The van der Waals surface area contributed by atoms with E-state index in [1.54, 1.807) is 0 Å². The highest BCUT2D eigenvalue weighted by atomic mass is 16.5. The lowest BCUT2D eigenvalue weighted by molar-refractivity contribution is 0.297. The zero-order valence-corrected chi connectivity index (χ0v) is 11.5. The highest BCUT2D eigenvalue weighted by Gasteiger charge is 2.18. The van der Waals surface area contributed by atoms with Crippen molar-refractivity contribution in [3.63, 3.8) is 0 Å². The highest BCUT2D eigenvalue weighted by Crippen LogP contribution is 2.33. The van der Waals surface area contributed by atoms with Crippen molar-refractivity contribution < 1.29 is 9.47 Å². The van der Waals surface area contributed by atoms with E-state index in [2.05, 4.69) is 31.3 Å². The molecule has 2 rings (SSSR count). The molecule has 100 valence electrons. The van der Waals surface area contributed by atoms with Crippen molar-refractivity contribution in [3.8, 4) is 11.5 Å². The van der Waals surface area contributed by atoms with Crippen molar-refractivity contribution in [1.29, 1.82) is 0 Å². The number of nitrogens with one attached hydrogen (secondary N) is 1. The molecule has 2 unspecified atom stereocenters. The van der Waals surface area contributed by atoms with Crippen LogP contribution in [0.4, 0.5) is 0 Å². The minimum atomic E-state index is 0.470. The lowest BCUT2D eigenvalue weighted by Crippen LogP contribution is -2.29. The summed E-state index contributed by atoms with van der Waals surface area (Å²) in [5, 5.41) is 3.37. The Morgan fingerprint density at radius 1 is 1.22 bits per heavy atom.